The van der Waals surface area contributed by atoms with Crippen LogP contribution >= 0.6 is 11.8 Å². The highest BCUT2D eigenvalue weighted by Crippen LogP contribution is 2.08. The van der Waals surface area contributed by atoms with Crippen molar-refractivity contribution in [1.29, 1.82) is 0 Å². The fraction of sp³-hybridized carbons (Fsp3) is 1.00. The first-order valence-corrected chi connectivity index (χ1v) is 4.32. The minimum atomic E-state index is 0.352. The summed E-state index contributed by atoms with van der Waals surface area (Å²) in [6.07, 6.45) is 2.42. The van der Waals surface area contributed by atoms with Crippen LogP contribution in [0, 0.1) is 0 Å². The third-order valence-corrected chi connectivity index (χ3v) is 1.97. The number of nitrogens with two attached hydrogens (primary N) is 1. The van der Waals surface area contributed by atoms with Gasteiger partial charge in [0, 0.05) is 12.3 Å². The number of hydrazine groups is 1. The lowest BCUT2D eigenvalue weighted by Crippen LogP contribution is -2.29. The Kier molecular flexibility index (Phi) is 2.78. The van der Waals surface area contributed by atoms with Crippen LogP contribution in [0.1, 0.15) is 0 Å². The largest absolute Gasteiger partial charge is 0.359 e. The van der Waals surface area contributed by atoms with E-state index in [9.17, 15) is 0 Å². The molecule has 0 aromatic rings. The van der Waals surface area contributed by atoms with Crippen LogP contribution in [0.3, 0.4) is 0 Å². The minimum Gasteiger partial charge on any atom is -0.359 e. The minimum absolute atomic E-state index is 0.352. The van der Waals surface area contributed by atoms with Crippen LogP contribution in [0.5, 0.6) is 0 Å². The molecule has 0 amide bonds. The quantitative estimate of drug-likeness (QED) is 0.554. The van der Waals surface area contributed by atoms with E-state index in [-0.39, 0.29) is 0 Å². The fourth-order valence-electron chi connectivity index (χ4n) is 0.855. The van der Waals surface area contributed by atoms with E-state index in [1.807, 2.05) is 0 Å². The van der Waals surface area contributed by atoms with Gasteiger partial charge in [-0.25, -0.2) is 5.01 Å². The second-order valence-corrected chi connectivity index (χ2v) is 3.06. The van der Waals surface area contributed by atoms with E-state index in [1.54, 1.807) is 16.8 Å². The summed E-state index contributed by atoms with van der Waals surface area (Å²) in [7, 11) is 0. The third kappa shape index (κ3) is 2.14. The topological polar surface area (TPSA) is 38.5 Å². The summed E-state index contributed by atoms with van der Waals surface area (Å²) in [5.74, 6) is 6.50. The fourth-order valence-corrected chi connectivity index (χ4v) is 1.43. The van der Waals surface area contributed by atoms with Gasteiger partial charge in [-0.2, -0.15) is 11.8 Å². The highest BCUT2D eigenvalue weighted by molar-refractivity contribution is 7.98. The van der Waals surface area contributed by atoms with E-state index >= 15 is 0 Å². The van der Waals surface area contributed by atoms with Crippen molar-refractivity contribution in [2.24, 2.45) is 5.84 Å². The second kappa shape index (κ2) is 3.41. The average Bonchev–Trinajstić information content (AvgIpc) is 2.17. The van der Waals surface area contributed by atoms with Gasteiger partial charge >= 0.3 is 0 Å². The molecule has 0 aromatic carbocycles. The molecule has 1 heterocycles. The molecule has 54 valence electrons. The van der Waals surface area contributed by atoms with E-state index in [4.69, 9.17) is 10.6 Å². The lowest BCUT2D eigenvalue weighted by molar-refractivity contribution is 0.102. The number of nitrogens with zero attached hydrogens (tertiary/aromatic N) is 1. The lowest BCUT2D eigenvalue weighted by Gasteiger charge is -2.04. The first-order valence-electron chi connectivity index (χ1n) is 2.93. The molecule has 1 fully saturated rings. The molecular weight excluding hydrogens is 136 g/mol. The highest BCUT2D eigenvalue weighted by atomic mass is 32.2. The second-order valence-electron chi connectivity index (χ2n) is 2.14. The van der Waals surface area contributed by atoms with Crippen LogP contribution in [-0.2, 0) is 4.74 Å². The molecule has 9 heavy (non-hydrogen) atoms. The zero-order valence-electron chi connectivity index (χ0n) is 5.54. The van der Waals surface area contributed by atoms with Crippen LogP contribution in [0.4, 0.5) is 0 Å². The van der Waals surface area contributed by atoms with Gasteiger partial charge in [0.2, 0.25) is 0 Å². The Labute approximate surface area is 59.5 Å². The summed E-state index contributed by atoms with van der Waals surface area (Å²) in [5, 5.41) is 1.70. The molecular formula is C5H12N2OS. The van der Waals surface area contributed by atoms with E-state index < -0.39 is 0 Å². The first-order chi connectivity index (χ1) is 4.33. The van der Waals surface area contributed by atoms with Gasteiger partial charge in [-0.3, -0.25) is 5.84 Å². The van der Waals surface area contributed by atoms with E-state index in [0.717, 1.165) is 12.3 Å². The Hall–Kier alpha value is 0.230. The molecule has 0 saturated carbocycles. The summed E-state index contributed by atoms with van der Waals surface area (Å²) in [5.41, 5.74) is 0. The zero-order valence-corrected chi connectivity index (χ0v) is 6.36. The Morgan fingerprint density at radius 3 is 3.11 bits per heavy atom. The Bertz CT molecular complexity index is 89.0. The molecule has 1 atom stereocenters. The van der Waals surface area contributed by atoms with Crippen LogP contribution in [0.25, 0.3) is 0 Å². The van der Waals surface area contributed by atoms with E-state index in [1.165, 1.54) is 0 Å². The van der Waals surface area contributed by atoms with Crippen LogP contribution in [-0.4, -0.2) is 36.4 Å². The van der Waals surface area contributed by atoms with Crippen molar-refractivity contribution in [2.45, 2.75) is 6.10 Å². The normalized spacial score (nSPS) is 29.3. The molecule has 0 spiro atoms. The van der Waals surface area contributed by atoms with Gasteiger partial charge in [-0.15, -0.1) is 0 Å². The van der Waals surface area contributed by atoms with Crippen LogP contribution < -0.4 is 5.84 Å². The third-order valence-electron chi connectivity index (χ3n) is 1.27. The molecule has 0 aromatic heterocycles. The molecule has 0 radical (unpaired) electrons. The molecule has 1 aliphatic rings. The van der Waals surface area contributed by atoms with Gasteiger partial charge in [-0.05, 0) is 6.26 Å². The standard InChI is InChI=1S/C5H12N2OS/c1-9-3-5-2-7(6)4-8-5/h5H,2-4,6H2,1H3. The molecule has 0 bridgehead atoms. The number of hydrogen-bond donors (Lipinski definition) is 1. The Morgan fingerprint density at radius 2 is 2.67 bits per heavy atom. The van der Waals surface area contributed by atoms with Gasteiger partial charge < -0.3 is 4.74 Å². The molecule has 1 unspecified atom stereocenters. The van der Waals surface area contributed by atoms with E-state index in [0.29, 0.717) is 12.8 Å². The van der Waals surface area contributed by atoms with Gasteiger partial charge in [0.05, 0.1) is 6.10 Å². The average molecular weight is 148 g/mol. The molecule has 3 nitrogen and oxygen atoms in total. The van der Waals surface area contributed by atoms with Crippen molar-refractivity contribution in [3.8, 4) is 0 Å². The summed E-state index contributed by atoms with van der Waals surface area (Å²) in [4.78, 5) is 0. The SMILES string of the molecule is CSCC1CN(N)CO1. The summed E-state index contributed by atoms with van der Waals surface area (Å²) in [6, 6.07) is 0. The van der Waals surface area contributed by atoms with Crippen molar-refractivity contribution >= 4 is 11.8 Å². The monoisotopic (exact) mass is 148 g/mol. The van der Waals surface area contributed by atoms with Crippen LogP contribution in [0.15, 0.2) is 0 Å². The summed E-state index contributed by atoms with van der Waals surface area (Å²) in [6.45, 7) is 1.46. The zero-order chi connectivity index (χ0) is 6.69. The highest BCUT2D eigenvalue weighted by Gasteiger charge is 2.19. The van der Waals surface area contributed by atoms with Crippen molar-refractivity contribution in [3.05, 3.63) is 0 Å². The van der Waals surface area contributed by atoms with Gasteiger partial charge in [0.1, 0.15) is 6.73 Å². The van der Waals surface area contributed by atoms with Gasteiger partial charge in [-0.1, -0.05) is 0 Å². The molecule has 1 aliphatic heterocycles. The lowest BCUT2D eigenvalue weighted by atomic mass is 10.4. The Balaban J connectivity index is 2.14. The first kappa shape index (κ1) is 7.34. The number of rotatable bonds is 2. The molecule has 0 aliphatic carbocycles. The summed E-state index contributed by atoms with van der Waals surface area (Å²) >= 11 is 1.79. The molecule has 4 heteroatoms. The number of thioether (sulfide) groups is 1. The maximum absolute atomic E-state index is 5.45. The van der Waals surface area contributed by atoms with Crippen molar-refractivity contribution in [2.75, 3.05) is 25.3 Å². The Morgan fingerprint density at radius 1 is 1.89 bits per heavy atom. The number of hydrogen-bond acceptors (Lipinski definition) is 4. The smallest absolute Gasteiger partial charge is 0.112 e. The van der Waals surface area contributed by atoms with Crippen LogP contribution in [0.2, 0.25) is 0 Å². The van der Waals surface area contributed by atoms with Gasteiger partial charge in [0.15, 0.2) is 0 Å². The van der Waals surface area contributed by atoms with Gasteiger partial charge in [0.25, 0.3) is 0 Å². The van der Waals surface area contributed by atoms with Crippen molar-refractivity contribution in [3.63, 3.8) is 0 Å². The molecule has 2 N–H and O–H groups in total. The maximum Gasteiger partial charge on any atom is 0.112 e. The number of ether oxygens (including phenoxy) is 1. The molecule has 1 saturated heterocycles. The van der Waals surface area contributed by atoms with Crippen molar-refractivity contribution < 1.29 is 4.74 Å². The summed E-state index contributed by atoms with van der Waals surface area (Å²) < 4.78 is 5.29. The molecule has 1 rings (SSSR count). The van der Waals surface area contributed by atoms with E-state index in [2.05, 4.69) is 6.26 Å². The predicted octanol–water partition coefficient (Wildman–Crippen LogP) is -0.119. The predicted molar refractivity (Wildman–Crippen MR) is 39.0 cm³/mol. The maximum atomic E-state index is 5.45. The van der Waals surface area contributed by atoms with Crippen molar-refractivity contribution in [1.82, 2.24) is 5.01 Å².